The minimum Gasteiger partial charge on any atom is -0.299 e. The van der Waals surface area contributed by atoms with Crippen LogP contribution < -0.4 is 0 Å². The molecule has 10 heavy (non-hydrogen) atoms. The van der Waals surface area contributed by atoms with Gasteiger partial charge in [-0.2, -0.15) is 0 Å². The predicted octanol–water partition coefficient (Wildman–Crippen LogP) is 2.02. The zero-order chi connectivity index (χ0) is 7.23. The Bertz CT molecular complexity index is 197. The Kier molecular flexibility index (Phi) is 2.68. The zero-order valence-corrected chi connectivity index (χ0v) is 5.79. The van der Waals surface area contributed by atoms with Gasteiger partial charge in [-0.25, -0.2) is 0 Å². The van der Waals surface area contributed by atoms with Crippen LogP contribution in [-0.4, -0.2) is 6.29 Å². The van der Waals surface area contributed by atoms with Crippen LogP contribution >= 0.6 is 0 Å². The highest BCUT2D eigenvalue weighted by molar-refractivity contribution is 5.66. The number of allylic oxidation sites excluding steroid dienone is 6. The van der Waals surface area contributed by atoms with Gasteiger partial charge < -0.3 is 0 Å². The van der Waals surface area contributed by atoms with Crippen molar-refractivity contribution in [2.45, 2.75) is 12.8 Å². The maximum absolute atomic E-state index is 9.91. The van der Waals surface area contributed by atoms with Crippen molar-refractivity contribution in [3.05, 3.63) is 36.0 Å². The average Bonchev–Trinajstić information content (AvgIpc) is 2.03. The summed E-state index contributed by atoms with van der Waals surface area (Å²) in [6.45, 7) is 0. The number of hydrogen-bond acceptors (Lipinski definition) is 1. The van der Waals surface area contributed by atoms with Gasteiger partial charge in [-0.05, 0) is 24.5 Å². The van der Waals surface area contributed by atoms with Crippen LogP contribution in [-0.2, 0) is 4.79 Å². The monoisotopic (exact) mass is 134 g/mol. The third-order valence-electron chi connectivity index (χ3n) is 1.39. The second kappa shape index (κ2) is 3.83. The molecule has 0 aliphatic heterocycles. The first-order valence-electron chi connectivity index (χ1n) is 3.42. The van der Waals surface area contributed by atoms with Crippen molar-refractivity contribution in [3.8, 4) is 0 Å². The molecule has 1 rings (SSSR count). The Morgan fingerprint density at radius 1 is 1.40 bits per heavy atom. The molecule has 0 saturated carbocycles. The first-order valence-corrected chi connectivity index (χ1v) is 3.42. The van der Waals surface area contributed by atoms with E-state index < -0.39 is 0 Å². The molecule has 0 unspecified atom stereocenters. The Balaban J connectivity index is 2.55. The summed E-state index contributed by atoms with van der Waals surface area (Å²) in [6, 6.07) is 0. The third-order valence-corrected chi connectivity index (χ3v) is 1.39. The molecule has 52 valence electrons. The van der Waals surface area contributed by atoms with Crippen LogP contribution in [0.25, 0.3) is 0 Å². The molecule has 0 saturated heterocycles. The second-order valence-electron chi connectivity index (χ2n) is 2.18. The van der Waals surface area contributed by atoms with E-state index in [-0.39, 0.29) is 0 Å². The van der Waals surface area contributed by atoms with Gasteiger partial charge in [0, 0.05) is 0 Å². The highest BCUT2D eigenvalue weighted by Gasteiger charge is 1.90. The van der Waals surface area contributed by atoms with E-state index in [0.29, 0.717) is 0 Å². The van der Waals surface area contributed by atoms with E-state index in [1.807, 2.05) is 12.2 Å². The minimum absolute atomic E-state index is 0.795. The Morgan fingerprint density at radius 2 is 2.30 bits per heavy atom. The molecule has 0 heterocycles. The van der Waals surface area contributed by atoms with Gasteiger partial charge in [-0.3, -0.25) is 4.79 Å². The van der Waals surface area contributed by atoms with Crippen LogP contribution in [0.5, 0.6) is 0 Å². The number of aldehydes is 1. The lowest BCUT2D eigenvalue weighted by Crippen LogP contribution is -1.79. The highest BCUT2D eigenvalue weighted by Crippen LogP contribution is 2.09. The lowest BCUT2D eigenvalue weighted by Gasteiger charge is -1.98. The molecule has 1 nitrogen and oxygen atoms in total. The van der Waals surface area contributed by atoms with Crippen LogP contribution in [0.3, 0.4) is 0 Å². The number of hydrogen-bond donors (Lipinski definition) is 0. The van der Waals surface area contributed by atoms with Gasteiger partial charge in [-0.1, -0.05) is 24.3 Å². The van der Waals surface area contributed by atoms with Crippen LogP contribution in [0.1, 0.15) is 12.8 Å². The molecule has 0 aromatic carbocycles. The maximum Gasteiger partial charge on any atom is 0.142 e. The molecule has 0 amide bonds. The van der Waals surface area contributed by atoms with Gasteiger partial charge in [0.05, 0.1) is 0 Å². The molecule has 1 aliphatic carbocycles. The van der Waals surface area contributed by atoms with Crippen molar-refractivity contribution in [1.29, 1.82) is 0 Å². The van der Waals surface area contributed by atoms with Gasteiger partial charge in [-0.15, -0.1) is 0 Å². The summed E-state index contributed by atoms with van der Waals surface area (Å²) in [5.41, 5.74) is 1.14. The van der Waals surface area contributed by atoms with E-state index in [1.165, 1.54) is 6.08 Å². The molecule has 0 atom stereocenters. The minimum atomic E-state index is 0.795. The van der Waals surface area contributed by atoms with Gasteiger partial charge in [0.2, 0.25) is 0 Å². The fourth-order valence-corrected chi connectivity index (χ4v) is 0.908. The van der Waals surface area contributed by atoms with Gasteiger partial charge in [0.25, 0.3) is 0 Å². The summed E-state index contributed by atoms with van der Waals surface area (Å²) in [7, 11) is 0. The van der Waals surface area contributed by atoms with Crippen molar-refractivity contribution in [2.75, 3.05) is 0 Å². The molecule has 0 N–H and O–H groups in total. The molecular weight excluding hydrogens is 124 g/mol. The summed E-state index contributed by atoms with van der Waals surface area (Å²) in [5, 5.41) is 0. The molecule has 0 fully saturated rings. The summed E-state index contributed by atoms with van der Waals surface area (Å²) in [6.07, 6.45) is 12.6. The van der Waals surface area contributed by atoms with E-state index in [2.05, 4.69) is 12.2 Å². The van der Waals surface area contributed by atoms with E-state index in [9.17, 15) is 4.79 Å². The first kappa shape index (κ1) is 7.00. The zero-order valence-electron chi connectivity index (χ0n) is 5.79. The van der Waals surface area contributed by atoms with Gasteiger partial charge in [0.15, 0.2) is 0 Å². The normalized spacial score (nSPS) is 17.4. The predicted molar refractivity (Wildman–Crippen MR) is 41.7 cm³/mol. The molecule has 1 heteroatoms. The van der Waals surface area contributed by atoms with Crippen LogP contribution in [0.4, 0.5) is 0 Å². The lowest BCUT2D eigenvalue weighted by atomic mass is 10.1. The topological polar surface area (TPSA) is 17.1 Å². The summed E-state index contributed by atoms with van der Waals surface area (Å²) >= 11 is 0. The molecular formula is C9H10O. The van der Waals surface area contributed by atoms with Crippen LogP contribution in [0.15, 0.2) is 36.0 Å². The number of rotatable bonds is 2. The van der Waals surface area contributed by atoms with Crippen molar-refractivity contribution in [1.82, 2.24) is 0 Å². The third kappa shape index (κ3) is 2.02. The molecule has 0 radical (unpaired) electrons. The van der Waals surface area contributed by atoms with Gasteiger partial charge >= 0.3 is 0 Å². The van der Waals surface area contributed by atoms with Crippen LogP contribution in [0.2, 0.25) is 0 Å². The van der Waals surface area contributed by atoms with E-state index >= 15 is 0 Å². The average molecular weight is 134 g/mol. The Hall–Kier alpha value is -1.11. The highest BCUT2D eigenvalue weighted by atomic mass is 16.1. The van der Waals surface area contributed by atoms with Crippen molar-refractivity contribution < 1.29 is 4.79 Å². The van der Waals surface area contributed by atoms with Crippen LogP contribution in [0, 0.1) is 0 Å². The second-order valence-corrected chi connectivity index (χ2v) is 2.18. The Morgan fingerprint density at radius 3 is 2.90 bits per heavy atom. The number of carbonyl (C=O) groups excluding carboxylic acids is 1. The van der Waals surface area contributed by atoms with Gasteiger partial charge in [0.1, 0.15) is 6.29 Å². The maximum atomic E-state index is 9.91. The molecule has 0 bridgehead atoms. The lowest BCUT2D eigenvalue weighted by molar-refractivity contribution is -0.104. The van der Waals surface area contributed by atoms with E-state index in [4.69, 9.17) is 0 Å². The van der Waals surface area contributed by atoms with E-state index in [1.54, 1.807) is 0 Å². The largest absolute Gasteiger partial charge is 0.299 e. The molecule has 0 aromatic heterocycles. The van der Waals surface area contributed by atoms with E-state index in [0.717, 1.165) is 24.7 Å². The molecule has 0 spiro atoms. The van der Waals surface area contributed by atoms with Crippen molar-refractivity contribution in [3.63, 3.8) is 0 Å². The molecule has 0 aromatic rings. The fourth-order valence-electron chi connectivity index (χ4n) is 0.908. The Labute approximate surface area is 60.7 Å². The summed E-state index contributed by atoms with van der Waals surface area (Å²) < 4.78 is 0. The standard InChI is InChI=1S/C9H10O/c10-8-4-7-9-5-2-1-3-6-9/h2,4-8H,1,3H2. The fraction of sp³-hybridized carbons (Fsp3) is 0.222. The SMILES string of the molecule is O=CC=CC1=CCCC=C1. The van der Waals surface area contributed by atoms with Crippen molar-refractivity contribution >= 4 is 6.29 Å². The number of carbonyl (C=O) groups is 1. The smallest absolute Gasteiger partial charge is 0.142 e. The quantitative estimate of drug-likeness (QED) is 0.417. The van der Waals surface area contributed by atoms with Crippen molar-refractivity contribution in [2.24, 2.45) is 0 Å². The first-order chi connectivity index (χ1) is 4.93. The molecule has 1 aliphatic rings. The summed E-state index contributed by atoms with van der Waals surface area (Å²) in [5.74, 6) is 0. The summed E-state index contributed by atoms with van der Waals surface area (Å²) in [4.78, 5) is 9.91.